The first-order chi connectivity index (χ1) is 11.9. The molecule has 0 fully saturated rings. The molecule has 3 rings (SSSR count). The Morgan fingerprint density at radius 2 is 1.88 bits per heavy atom. The summed E-state index contributed by atoms with van der Waals surface area (Å²) in [6, 6.07) is 6.07. The molecule has 0 bridgehead atoms. The van der Waals surface area contributed by atoms with E-state index in [0.717, 1.165) is 37.2 Å². The third-order valence-electron chi connectivity index (χ3n) is 4.37. The summed E-state index contributed by atoms with van der Waals surface area (Å²) in [5, 5.41) is 2.61. The quantitative estimate of drug-likeness (QED) is 0.847. The number of fused-ring (bicyclic) bond motifs is 1. The lowest BCUT2D eigenvalue weighted by molar-refractivity contribution is -0.114. The van der Waals surface area contributed by atoms with Crippen LogP contribution in [-0.4, -0.2) is 23.9 Å². The molecule has 0 aliphatic heterocycles. The molecule has 2 N–H and O–H groups in total. The number of hydrogen-bond donors (Lipinski definition) is 2. The van der Waals surface area contributed by atoms with Gasteiger partial charge in [0.1, 0.15) is 5.82 Å². The van der Waals surface area contributed by atoms with E-state index < -0.39 is 10.0 Å². The number of amides is 1. The van der Waals surface area contributed by atoms with Crippen molar-refractivity contribution in [3.05, 3.63) is 41.5 Å². The summed E-state index contributed by atoms with van der Waals surface area (Å²) in [6.45, 7) is 1.55. The summed E-state index contributed by atoms with van der Waals surface area (Å²) >= 11 is 0. The van der Waals surface area contributed by atoms with Crippen LogP contribution in [-0.2, 0) is 41.3 Å². The van der Waals surface area contributed by atoms with Gasteiger partial charge in [-0.1, -0.05) is 0 Å². The number of sulfonamides is 1. The van der Waals surface area contributed by atoms with Crippen LogP contribution in [0.3, 0.4) is 0 Å². The van der Waals surface area contributed by atoms with Crippen LogP contribution in [0.15, 0.2) is 29.2 Å². The van der Waals surface area contributed by atoms with Crippen LogP contribution < -0.4 is 10.0 Å². The van der Waals surface area contributed by atoms with Gasteiger partial charge in [0.25, 0.3) is 0 Å². The number of aryl methyl sites for hydroxylation is 1. The minimum absolute atomic E-state index is 0.152. The molecule has 8 heteroatoms. The van der Waals surface area contributed by atoms with E-state index in [1.807, 2.05) is 11.6 Å². The third kappa shape index (κ3) is 3.91. The molecule has 0 unspecified atom stereocenters. The van der Waals surface area contributed by atoms with Gasteiger partial charge in [0.15, 0.2) is 0 Å². The number of hydrogen-bond acceptors (Lipinski definition) is 4. The lowest BCUT2D eigenvalue weighted by atomic mass is 10.0. The van der Waals surface area contributed by atoms with Crippen molar-refractivity contribution in [2.75, 3.05) is 5.32 Å². The number of carbonyl (C=O) groups excluding carboxylic acids is 1. The fourth-order valence-electron chi connectivity index (χ4n) is 3.06. The second kappa shape index (κ2) is 6.97. The van der Waals surface area contributed by atoms with Gasteiger partial charge in [0.05, 0.1) is 17.1 Å². The summed E-state index contributed by atoms with van der Waals surface area (Å²) in [4.78, 5) is 15.8. The molecule has 0 atom stereocenters. The molecule has 0 saturated heterocycles. The highest BCUT2D eigenvalue weighted by atomic mass is 32.2. The van der Waals surface area contributed by atoms with Crippen LogP contribution in [0.1, 0.15) is 37.0 Å². The lowest BCUT2D eigenvalue weighted by Crippen LogP contribution is -2.25. The van der Waals surface area contributed by atoms with Gasteiger partial charge >= 0.3 is 0 Å². The van der Waals surface area contributed by atoms with Crippen LogP contribution in [0, 0.1) is 0 Å². The first kappa shape index (κ1) is 17.6. The molecule has 1 aliphatic carbocycles. The zero-order valence-corrected chi connectivity index (χ0v) is 15.2. The number of anilines is 1. The Bertz CT molecular complexity index is 885. The maximum atomic E-state index is 12.5. The van der Waals surface area contributed by atoms with Crippen molar-refractivity contribution in [2.24, 2.45) is 7.05 Å². The smallest absolute Gasteiger partial charge is 0.240 e. The summed E-state index contributed by atoms with van der Waals surface area (Å²) in [7, 11) is -1.70. The van der Waals surface area contributed by atoms with Gasteiger partial charge in [-0.25, -0.2) is 18.1 Å². The fraction of sp³-hybridized carbons (Fsp3) is 0.412. The summed E-state index contributed by atoms with van der Waals surface area (Å²) in [5.74, 6) is 0.526. The summed E-state index contributed by atoms with van der Waals surface area (Å²) < 4.78 is 29.5. The highest BCUT2D eigenvalue weighted by Gasteiger charge is 2.20. The van der Waals surface area contributed by atoms with Gasteiger partial charge in [-0.05, 0) is 49.9 Å². The molecule has 1 amide bonds. The molecule has 1 aromatic heterocycles. The van der Waals surface area contributed by atoms with Crippen LogP contribution in [0.5, 0.6) is 0 Å². The molecular formula is C17H22N4O3S. The fourth-order valence-corrected chi connectivity index (χ4v) is 4.04. The Hall–Kier alpha value is -2.19. The molecule has 1 aliphatic rings. The average Bonchev–Trinajstić information content (AvgIpc) is 2.90. The van der Waals surface area contributed by atoms with Crippen molar-refractivity contribution >= 4 is 21.6 Å². The highest BCUT2D eigenvalue weighted by Crippen LogP contribution is 2.21. The minimum atomic E-state index is -3.64. The maximum Gasteiger partial charge on any atom is 0.240 e. The number of nitrogens with zero attached hydrogens (tertiary/aromatic N) is 2. The highest BCUT2D eigenvalue weighted by molar-refractivity contribution is 7.89. The van der Waals surface area contributed by atoms with Gasteiger partial charge in [0.2, 0.25) is 15.9 Å². The first-order valence-corrected chi connectivity index (χ1v) is 9.76. The molecule has 1 aromatic carbocycles. The molecule has 25 heavy (non-hydrogen) atoms. The SMILES string of the molecule is CC(=O)Nc1ccc(S(=O)(=O)NCc2nc3c(n2C)CCCC3)cc1. The zero-order chi connectivity index (χ0) is 18.0. The number of rotatable bonds is 5. The molecule has 7 nitrogen and oxygen atoms in total. The molecular weight excluding hydrogens is 340 g/mol. The molecule has 134 valence electrons. The van der Waals surface area contributed by atoms with Gasteiger partial charge < -0.3 is 9.88 Å². The Kier molecular flexibility index (Phi) is 4.91. The van der Waals surface area contributed by atoms with Crippen LogP contribution in [0.2, 0.25) is 0 Å². The Morgan fingerprint density at radius 1 is 1.20 bits per heavy atom. The lowest BCUT2D eigenvalue weighted by Gasteiger charge is -2.11. The van der Waals surface area contributed by atoms with Crippen LogP contribution in [0.4, 0.5) is 5.69 Å². The standard InChI is InChI=1S/C17H22N4O3S/c1-12(22)19-13-7-9-14(10-8-13)25(23,24)18-11-17-20-15-5-3-4-6-16(15)21(17)2/h7-10,18H,3-6,11H2,1-2H3,(H,19,22). The topological polar surface area (TPSA) is 93.1 Å². The van der Waals surface area contributed by atoms with Crippen molar-refractivity contribution in [3.8, 4) is 0 Å². The predicted molar refractivity (Wildman–Crippen MR) is 94.6 cm³/mol. The number of aromatic nitrogens is 2. The normalized spacial score (nSPS) is 14.2. The number of nitrogens with one attached hydrogen (secondary N) is 2. The van der Waals surface area contributed by atoms with Gasteiger partial charge in [-0.2, -0.15) is 0 Å². The van der Waals surface area contributed by atoms with Crippen molar-refractivity contribution < 1.29 is 13.2 Å². The summed E-state index contributed by atoms with van der Waals surface area (Å²) in [5.41, 5.74) is 2.85. The van der Waals surface area contributed by atoms with Gasteiger partial charge in [0, 0.05) is 25.4 Å². The van der Waals surface area contributed by atoms with Crippen molar-refractivity contribution in [1.29, 1.82) is 0 Å². The van der Waals surface area contributed by atoms with E-state index in [1.54, 1.807) is 12.1 Å². The van der Waals surface area contributed by atoms with Crippen LogP contribution in [0.25, 0.3) is 0 Å². The number of imidazole rings is 1. The third-order valence-corrected chi connectivity index (χ3v) is 5.79. The molecule has 0 radical (unpaired) electrons. The van der Waals surface area contributed by atoms with E-state index in [9.17, 15) is 13.2 Å². The summed E-state index contributed by atoms with van der Waals surface area (Å²) in [6.07, 6.45) is 4.24. The average molecular weight is 362 g/mol. The van der Waals surface area contributed by atoms with E-state index in [-0.39, 0.29) is 17.3 Å². The minimum Gasteiger partial charge on any atom is -0.334 e. The van der Waals surface area contributed by atoms with Gasteiger partial charge in [-0.3, -0.25) is 4.79 Å². The van der Waals surface area contributed by atoms with E-state index in [2.05, 4.69) is 15.0 Å². The molecule has 0 saturated carbocycles. The zero-order valence-electron chi connectivity index (χ0n) is 14.4. The molecule has 2 aromatic rings. The largest absolute Gasteiger partial charge is 0.334 e. The second-order valence-corrected chi connectivity index (χ2v) is 7.98. The Balaban J connectivity index is 1.72. The van der Waals surface area contributed by atoms with E-state index in [1.165, 1.54) is 24.8 Å². The predicted octanol–water partition coefficient (Wildman–Crippen LogP) is 1.74. The maximum absolute atomic E-state index is 12.5. The van der Waals surface area contributed by atoms with E-state index in [4.69, 9.17) is 0 Å². The molecule has 0 spiro atoms. The Morgan fingerprint density at radius 3 is 2.52 bits per heavy atom. The van der Waals surface area contributed by atoms with Crippen molar-refractivity contribution in [2.45, 2.75) is 44.0 Å². The van der Waals surface area contributed by atoms with Crippen molar-refractivity contribution in [3.63, 3.8) is 0 Å². The first-order valence-electron chi connectivity index (χ1n) is 8.27. The number of carbonyl (C=O) groups is 1. The number of benzene rings is 1. The second-order valence-electron chi connectivity index (χ2n) is 6.22. The van der Waals surface area contributed by atoms with Gasteiger partial charge in [-0.15, -0.1) is 0 Å². The van der Waals surface area contributed by atoms with E-state index in [0.29, 0.717) is 5.69 Å². The monoisotopic (exact) mass is 362 g/mol. The molecule has 1 heterocycles. The van der Waals surface area contributed by atoms with Crippen LogP contribution >= 0.6 is 0 Å². The van der Waals surface area contributed by atoms with E-state index >= 15 is 0 Å². The van der Waals surface area contributed by atoms with Crippen molar-refractivity contribution in [1.82, 2.24) is 14.3 Å². The Labute approximate surface area is 147 Å².